The summed E-state index contributed by atoms with van der Waals surface area (Å²) in [5, 5.41) is 27.6. The molecule has 11 nitrogen and oxygen atoms in total. The van der Waals surface area contributed by atoms with Crippen LogP contribution in [0.15, 0.2) is 18.2 Å². The Morgan fingerprint density at radius 2 is 1.79 bits per heavy atom. The normalized spacial score (nSPS) is 10.2. The van der Waals surface area contributed by atoms with Gasteiger partial charge in [0.25, 0.3) is 10.2 Å². The Morgan fingerprint density at radius 3 is 2.29 bits per heavy atom. The Labute approximate surface area is 140 Å². The number of phenols is 1. The van der Waals surface area contributed by atoms with Crippen molar-refractivity contribution >= 4 is 18.6 Å². The molecule has 0 heterocycles. The lowest BCUT2D eigenvalue weighted by molar-refractivity contribution is -0.768. The van der Waals surface area contributed by atoms with Gasteiger partial charge in [-0.25, -0.2) is 0 Å². The third kappa shape index (κ3) is 7.00. The number of hydrogen-bond acceptors (Lipinski definition) is 10. The van der Waals surface area contributed by atoms with Crippen LogP contribution in [0.3, 0.4) is 0 Å². The molecule has 0 spiro atoms. The molecule has 1 rings (SSSR count). The van der Waals surface area contributed by atoms with Crippen LogP contribution in [0.2, 0.25) is 0 Å². The number of carbonyl (C=O) groups excluding carboxylic acids is 1. The predicted molar refractivity (Wildman–Crippen MR) is 80.4 cm³/mol. The molecular formula is C12H14N2O9S. The first kappa shape index (κ1) is 19.3. The maximum Gasteiger partial charge on any atom is 0.311 e. The van der Waals surface area contributed by atoms with Crippen LogP contribution in [0.25, 0.3) is 0 Å². The lowest BCUT2D eigenvalue weighted by Gasteiger charge is -2.14. The van der Waals surface area contributed by atoms with Crippen molar-refractivity contribution in [3.05, 3.63) is 44.0 Å². The average Bonchev–Trinajstić information content (AvgIpc) is 2.51. The van der Waals surface area contributed by atoms with E-state index in [0.717, 1.165) is 0 Å². The van der Waals surface area contributed by atoms with Gasteiger partial charge in [-0.15, -0.1) is 20.2 Å². The number of carbonyl (C=O) groups is 1. The maximum absolute atomic E-state index is 11.9. The Balaban J connectivity index is 2.69. The van der Waals surface area contributed by atoms with Gasteiger partial charge in [-0.05, 0) is 18.2 Å². The summed E-state index contributed by atoms with van der Waals surface area (Å²) in [6.07, 6.45) is -0.408. The minimum Gasteiger partial charge on any atom is -0.508 e. The quantitative estimate of drug-likeness (QED) is 0.205. The van der Waals surface area contributed by atoms with Crippen LogP contribution in [0.1, 0.15) is 12.0 Å². The van der Waals surface area contributed by atoms with E-state index in [4.69, 9.17) is 4.74 Å². The molecule has 0 saturated carbocycles. The molecule has 1 aromatic carbocycles. The van der Waals surface area contributed by atoms with E-state index in [2.05, 4.69) is 22.3 Å². The highest BCUT2D eigenvalue weighted by Crippen LogP contribution is 2.25. The standard InChI is InChI=1S/C12H14N2O9S/c15-10-1-2-11(9(4-10)7-24)23-12(16)3-8(5-21-13(17)18)6-22-14(19)20/h1-2,4,8,15,24H,3,5-7H2. The van der Waals surface area contributed by atoms with Gasteiger partial charge in [0.1, 0.15) is 24.7 Å². The summed E-state index contributed by atoms with van der Waals surface area (Å²) < 4.78 is 5.09. The van der Waals surface area contributed by atoms with Crippen molar-refractivity contribution in [3.8, 4) is 11.5 Å². The van der Waals surface area contributed by atoms with Gasteiger partial charge in [-0.3, -0.25) is 4.79 Å². The van der Waals surface area contributed by atoms with E-state index < -0.39 is 41.7 Å². The molecule has 1 N–H and O–H groups in total. The third-order valence-corrected chi connectivity index (χ3v) is 3.07. The summed E-state index contributed by atoms with van der Waals surface area (Å²) in [7, 11) is 0. The number of aromatic hydroxyl groups is 1. The van der Waals surface area contributed by atoms with Crippen molar-refractivity contribution in [3.63, 3.8) is 0 Å². The lowest BCUT2D eigenvalue weighted by atomic mass is 10.1. The molecule has 1 aromatic rings. The number of esters is 1. The van der Waals surface area contributed by atoms with Crippen LogP contribution in [-0.4, -0.2) is 34.5 Å². The van der Waals surface area contributed by atoms with Gasteiger partial charge in [0.2, 0.25) is 0 Å². The second kappa shape index (κ2) is 9.39. The van der Waals surface area contributed by atoms with Crippen molar-refractivity contribution in [2.45, 2.75) is 12.2 Å². The first-order valence-corrected chi connectivity index (χ1v) is 7.13. The predicted octanol–water partition coefficient (Wildman–Crippen LogP) is 1.15. The van der Waals surface area contributed by atoms with E-state index in [1.54, 1.807) is 0 Å². The van der Waals surface area contributed by atoms with E-state index in [-0.39, 0.29) is 17.3 Å². The van der Waals surface area contributed by atoms with E-state index in [1.807, 2.05) is 0 Å². The fourth-order valence-electron chi connectivity index (χ4n) is 1.69. The van der Waals surface area contributed by atoms with E-state index in [1.165, 1.54) is 18.2 Å². The number of thiol groups is 1. The van der Waals surface area contributed by atoms with Gasteiger partial charge in [0, 0.05) is 17.2 Å². The van der Waals surface area contributed by atoms with Crippen LogP contribution < -0.4 is 4.74 Å². The molecule has 0 bridgehead atoms. The third-order valence-electron chi connectivity index (χ3n) is 2.72. The summed E-state index contributed by atoms with van der Waals surface area (Å²) in [6, 6.07) is 4.02. The highest BCUT2D eigenvalue weighted by Gasteiger charge is 2.20. The summed E-state index contributed by atoms with van der Waals surface area (Å²) in [4.78, 5) is 40.5. The van der Waals surface area contributed by atoms with Gasteiger partial charge in [0.15, 0.2) is 0 Å². The minimum absolute atomic E-state index is 0.0320. The molecule has 0 saturated heterocycles. The summed E-state index contributed by atoms with van der Waals surface area (Å²) in [5.74, 6) is -1.44. The second-order valence-corrected chi connectivity index (χ2v) is 4.85. The Bertz CT molecular complexity index is 592. The zero-order valence-electron chi connectivity index (χ0n) is 12.2. The number of phenolic OH excluding ortho intramolecular Hbond substituents is 1. The Kier molecular flexibility index (Phi) is 7.55. The van der Waals surface area contributed by atoms with E-state index in [0.29, 0.717) is 5.56 Å². The fourth-order valence-corrected chi connectivity index (χ4v) is 1.93. The van der Waals surface area contributed by atoms with Crippen molar-refractivity contribution in [2.75, 3.05) is 13.2 Å². The first-order chi connectivity index (χ1) is 11.3. The second-order valence-electron chi connectivity index (χ2n) is 4.53. The molecular weight excluding hydrogens is 348 g/mol. The highest BCUT2D eigenvalue weighted by molar-refractivity contribution is 7.79. The number of hydrogen-bond donors (Lipinski definition) is 2. The summed E-state index contributed by atoms with van der Waals surface area (Å²) in [6.45, 7) is -1.13. The molecule has 0 aliphatic rings. The number of rotatable bonds is 10. The summed E-state index contributed by atoms with van der Waals surface area (Å²) in [5.41, 5.74) is 0.450. The molecule has 132 valence electrons. The fraction of sp³-hybridized carbons (Fsp3) is 0.417. The maximum atomic E-state index is 11.9. The van der Waals surface area contributed by atoms with Gasteiger partial charge in [-0.2, -0.15) is 12.6 Å². The molecule has 24 heavy (non-hydrogen) atoms. The molecule has 0 aliphatic heterocycles. The smallest absolute Gasteiger partial charge is 0.311 e. The van der Waals surface area contributed by atoms with Crippen molar-refractivity contribution in [2.24, 2.45) is 5.92 Å². The molecule has 12 heteroatoms. The van der Waals surface area contributed by atoms with Gasteiger partial charge in [-0.1, -0.05) is 0 Å². The molecule has 0 fully saturated rings. The van der Waals surface area contributed by atoms with Gasteiger partial charge < -0.3 is 19.5 Å². The Hall–Kier alpha value is -2.76. The van der Waals surface area contributed by atoms with Crippen LogP contribution >= 0.6 is 12.6 Å². The van der Waals surface area contributed by atoms with Crippen LogP contribution in [0.5, 0.6) is 11.5 Å². The molecule has 0 radical (unpaired) electrons. The van der Waals surface area contributed by atoms with Crippen molar-refractivity contribution in [1.29, 1.82) is 0 Å². The SMILES string of the molecule is O=C(CC(CO[N+](=O)[O-])CO[N+](=O)[O-])Oc1ccc(O)cc1CS. The molecule has 0 aromatic heterocycles. The highest BCUT2D eigenvalue weighted by atomic mass is 32.1. The topological polar surface area (TPSA) is 151 Å². The first-order valence-electron chi connectivity index (χ1n) is 6.49. The van der Waals surface area contributed by atoms with Gasteiger partial charge in [0.05, 0.1) is 6.42 Å². The Morgan fingerprint density at radius 1 is 1.21 bits per heavy atom. The van der Waals surface area contributed by atoms with Crippen molar-refractivity contribution < 1.29 is 34.5 Å². The van der Waals surface area contributed by atoms with Crippen LogP contribution in [-0.2, 0) is 20.2 Å². The minimum atomic E-state index is -1.08. The van der Waals surface area contributed by atoms with E-state index in [9.17, 15) is 30.1 Å². The number of benzene rings is 1. The average molecular weight is 362 g/mol. The largest absolute Gasteiger partial charge is 0.508 e. The lowest BCUT2D eigenvalue weighted by Crippen LogP contribution is -2.25. The van der Waals surface area contributed by atoms with E-state index >= 15 is 0 Å². The molecule has 0 atom stereocenters. The monoisotopic (exact) mass is 362 g/mol. The molecule has 0 amide bonds. The van der Waals surface area contributed by atoms with Crippen LogP contribution in [0.4, 0.5) is 0 Å². The number of nitrogens with zero attached hydrogens (tertiary/aromatic N) is 2. The number of ether oxygens (including phenoxy) is 1. The van der Waals surface area contributed by atoms with Gasteiger partial charge >= 0.3 is 5.97 Å². The zero-order valence-corrected chi connectivity index (χ0v) is 13.1. The van der Waals surface area contributed by atoms with Crippen LogP contribution in [0, 0.1) is 26.1 Å². The summed E-state index contributed by atoms with van der Waals surface area (Å²) >= 11 is 4.04. The van der Waals surface area contributed by atoms with Crippen molar-refractivity contribution in [1.82, 2.24) is 0 Å². The molecule has 0 aliphatic carbocycles. The molecule has 0 unspecified atom stereocenters. The zero-order chi connectivity index (χ0) is 18.1.